The Morgan fingerprint density at radius 2 is 1.93 bits per heavy atom. The molecule has 0 aliphatic carbocycles. The van der Waals surface area contributed by atoms with Gasteiger partial charge in [-0.3, -0.25) is 9.59 Å². The summed E-state index contributed by atoms with van der Waals surface area (Å²) in [4.78, 5) is 31.2. The van der Waals surface area contributed by atoms with Gasteiger partial charge in [0.05, 0.1) is 12.2 Å². The van der Waals surface area contributed by atoms with Gasteiger partial charge in [0, 0.05) is 44.1 Å². The number of aryl methyl sites for hydroxylation is 1. The van der Waals surface area contributed by atoms with Crippen molar-refractivity contribution in [3.8, 4) is 0 Å². The Morgan fingerprint density at radius 1 is 1.13 bits per heavy atom. The van der Waals surface area contributed by atoms with Crippen molar-refractivity contribution < 1.29 is 9.59 Å². The van der Waals surface area contributed by atoms with Crippen LogP contribution in [-0.4, -0.2) is 27.9 Å². The Bertz CT molecular complexity index is 1060. The van der Waals surface area contributed by atoms with Crippen LogP contribution < -0.4 is 10.2 Å². The number of carbonyl (C=O) groups is 2. The summed E-state index contributed by atoms with van der Waals surface area (Å²) < 4.78 is 2.00. The van der Waals surface area contributed by atoms with E-state index in [0.717, 1.165) is 27.9 Å². The van der Waals surface area contributed by atoms with Gasteiger partial charge in [0.25, 0.3) is 0 Å². The van der Waals surface area contributed by atoms with Crippen LogP contribution in [0.25, 0.3) is 0 Å². The standard InChI is InChI=1S/C24H26N4O2/c1-17-6-5-9-22(18(17)2)28-15-21(12-23(28)29)24(30)26-13-19-7-3-4-8-20(19)14-27-11-10-25-16-27/h3-11,16,21H,12-15H2,1-2H3,(H,26,30). The molecule has 0 saturated carbocycles. The van der Waals surface area contributed by atoms with Crippen LogP contribution in [0.4, 0.5) is 5.69 Å². The number of amides is 2. The quantitative estimate of drug-likeness (QED) is 0.688. The maximum absolute atomic E-state index is 12.8. The Morgan fingerprint density at radius 3 is 2.70 bits per heavy atom. The summed E-state index contributed by atoms with van der Waals surface area (Å²) in [6, 6.07) is 14.0. The number of aromatic nitrogens is 2. The second-order valence-corrected chi connectivity index (χ2v) is 7.85. The predicted octanol–water partition coefficient (Wildman–Crippen LogP) is 3.22. The number of anilines is 1. The average Bonchev–Trinajstić information content (AvgIpc) is 3.39. The molecule has 30 heavy (non-hydrogen) atoms. The van der Waals surface area contributed by atoms with E-state index in [1.165, 1.54) is 0 Å². The third kappa shape index (κ3) is 4.13. The van der Waals surface area contributed by atoms with E-state index in [2.05, 4.69) is 16.4 Å². The average molecular weight is 402 g/mol. The zero-order valence-electron chi connectivity index (χ0n) is 17.3. The zero-order chi connectivity index (χ0) is 21.1. The van der Waals surface area contributed by atoms with E-state index in [1.54, 1.807) is 17.4 Å². The van der Waals surface area contributed by atoms with Crippen molar-refractivity contribution in [2.75, 3.05) is 11.4 Å². The Labute approximate surface area is 176 Å². The Hall–Kier alpha value is -3.41. The molecule has 1 saturated heterocycles. The number of hydrogen-bond donors (Lipinski definition) is 1. The second kappa shape index (κ2) is 8.53. The van der Waals surface area contributed by atoms with Crippen LogP contribution in [0.2, 0.25) is 0 Å². The monoisotopic (exact) mass is 402 g/mol. The van der Waals surface area contributed by atoms with Crippen molar-refractivity contribution in [1.82, 2.24) is 14.9 Å². The van der Waals surface area contributed by atoms with Crippen LogP contribution in [0.5, 0.6) is 0 Å². The molecule has 0 bridgehead atoms. The zero-order valence-corrected chi connectivity index (χ0v) is 17.3. The van der Waals surface area contributed by atoms with E-state index in [1.807, 2.05) is 61.0 Å². The number of imidazole rings is 1. The molecule has 1 N–H and O–H groups in total. The smallest absolute Gasteiger partial charge is 0.227 e. The lowest BCUT2D eigenvalue weighted by molar-refractivity contribution is -0.126. The Balaban J connectivity index is 1.41. The van der Waals surface area contributed by atoms with E-state index in [9.17, 15) is 9.59 Å². The fourth-order valence-electron chi connectivity index (χ4n) is 3.93. The number of benzene rings is 2. The van der Waals surface area contributed by atoms with E-state index in [4.69, 9.17) is 0 Å². The molecule has 2 amide bonds. The number of nitrogens with zero attached hydrogens (tertiary/aromatic N) is 3. The van der Waals surface area contributed by atoms with Gasteiger partial charge >= 0.3 is 0 Å². The second-order valence-electron chi connectivity index (χ2n) is 7.85. The molecule has 0 spiro atoms. The first kappa shape index (κ1) is 19.9. The van der Waals surface area contributed by atoms with Gasteiger partial charge < -0.3 is 14.8 Å². The molecule has 2 heterocycles. The minimum atomic E-state index is -0.335. The molecule has 154 valence electrons. The molecule has 3 aromatic rings. The SMILES string of the molecule is Cc1cccc(N2CC(C(=O)NCc3ccccc3Cn3ccnc3)CC2=O)c1C. The number of carbonyl (C=O) groups excluding carboxylic acids is 2. The lowest BCUT2D eigenvalue weighted by Crippen LogP contribution is -2.33. The highest BCUT2D eigenvalue weighted by Gasteiger charge is 2.35. The van der Waals surface area contributed by atoms with Crippen LogP contribution in [0.1, 0.15) is 28.7 Å². The summed E-state index contributed by atoms with van der Waals surface area (Å²) >= 11 is 0. The molecule has 0 radical (unpaired) electrons. The third-order valence-electron chi connectivity index (χ3n) is 5.85. The van der Waals surface area contributed by atoms with Gasteiger partial charge in [0.15, 0.2) is 0 Å². The molecule has 1 aliphatic rings. The molecule has 1 fully saturated rings. The molecule has 1 aliphatic heterocycles. The number of nitrogens with one attached hydrogen (secondary N) is 1. The molecule has 4 rings (SSSR count). The van der Waals surface area contributed by atoms with Gasteiger partial charge in [-0.05, 0) is 42.2 Å². The molecular weight excluding hydrogens is 376 g/mol. The molecular formula is C24H26N4O2. The molecule has 1 aromatic heterocycles. The largest absolute Gasteiger partial charge is 0.352 e. The van der Waals surface area contributed by atoms with Gasteiger partial charge in [-0.15, -0.1) is 0 Å². The fraction of sp³-hybridized carbons (Fsp3) is 0.292. The summed E-state index contributed by atoms with van der Waals surface area (Å²) in [7, 11) is 0. The predicted molar refractivity (Wildman–Crippen MR) is 116 cm³/mol. The van der Waals surface area contributed by atoms with Crippen LogP contribution in [0.15, 0.2) is 61.2 Å². The van der Waals surface area contributed by atoms with E-state index in [-0.39, 0.29) is 24.2 Å². The van der Waals surface area contributed by atoms with Crippen LogP contribution in [-0.2, 0) is 22.7 Å². The summed E-state index contributed by atoms with van der Waals surface area (Å²) in [6.45, 7) is 5.62. The summed E-state index contributed by atoms with van der Waals surface area (Å²) in [5, 5.41) is 3.04. The van der Waals surface area contributed by atoms with Crippen molar-refractivity contribution in [3.63, 3.8) is 0 Å². The van der Waals surface area contributed by atoms with Gasteiger partial charge in [-0.25, -0.2) is 4.98 Å². The summed E-state index contributed by atoms with van der Waals surface area (Å²) in [6.07, 6.45) is 5.70. The first-order valence-electron chi connectivity index (χ1n) is 10.2. The topological polar surface area (TPSA) is 67.2 Å². The van der Waals surface area contributed by atoms with Gasteiger partial charge in [-0.2, -0.15) is 0 Å². The fourth-order valence-corrected chi connectivity index (χ4v) is 3.93. The summed E-state index contributed by atoms with van der Waals surface area (Å²) in [5.74, 6) is -0.406. The van der Waals surface area contributed by atoms with Crippen molar-refractivity contribution in [1.29, 1.82) is 0 Å². The molecule has 2 aromatic carbocycles. The minimum absolute atomic E-state index is 0.00404. The third-order valence-corrected chi connectivity index (χ3v) is 5.85. The van der Waals surface area contributed by atoms with Crippen molar-refractivity contribution >= 4 is 17.5 Å². The maximum atomic E-state index is 12.8. The van der Waals surface area contributed by atoms with Crippen molar-refractivity contribution in [3.05, 3.63) is 83.4 Å². The minimum Gasteiger partial charge on any atom is -0.352 e. The Kier molecular flexibility index (Phi) is 5.65. The van der Waals surface area contributed by atoms with Crippen LogP contribution in [0.3, 0.4) is 0 Å². The molecule has 6 heteroatoms. The van der Waals surface area contributed by atoms with Crippen molar-refractivity contribution in [2.45, 2.75) is 33.4 Å². The van der Waals surface area contributed by atoms with E-state index < -0.39 is 0 Å². The van der Waals surface area contributed by atoms with Crippen LogP contribution in [0, 0.1) is 19.8 Å². The maximum Gasteiger partial charge on any atom is 0.227 e. The molecule has 1 unspecified atom stereocenters. The highest BCUT2D eigenvalue weighted by molar-refractivity contribution is 6.00. The van der Waals surface area contributed by atoms with E-state index >= 15 is 0 Å². The van der Waals surface area contributed by atoms with Crippen molar-refractivity contribution in [2.24, 2.45) is 5.92 Å². The van der Waals surface area contributed by atoms with Gasteiger partial charge in [0.1, 0.15) is 0 Å². The first-order chi connectivity index (χ1) is 14.5. The van der Waals surface area contributed by atoms with Gasteiger partial charge in [-0.1, -0.05) is 36.4 Å². The van der Waals surface area contributed by atoms with E-state index in [0.29, 0.717) is 19.6 Å². The number of rotatable bonds is 6. The van der Waals surface area contributed by atoms with Gasteiger partial charge in [0.2, 0.25) is 11.8 Å². The normalized spacial score (nSPS) is 16.1. The summed E-state index contributed by atoms with van der Waals surface area (Å²) in [5.41, 5.74) is 5.33. The van der Waals surface area contributed by atoms with Crippen LogP contribution >= 0.6 is 0 Å². The molecule has 1 atom stereocenters. The number of hydrogen-bond acceptors (Lipinski definition) is 3. The first-order valence-corrected chi connectivity index (χ1v) is 10.2. The lowest BCUT2D eigenvalue weighted by atomic mass is 10.1. The highest BCUT2D eigenvalue weighted by atomic mass is 16.2. The molecule has 6 nitrogen and oxygen atoms in total. The highest BCUT2D eigenvalue weighted by Crippen LogP contribution is 2.29. The lowest BCUT2D eigenvalue weighted by Gasteiger charge is -2.20.